The first-order chi connectivity index (χ1) is 18.2. The van der Waals surface area contributed by atoms with E-state index in [4.69, 9.17) is 29.5 Å². The summed E-state index contributed by atoms with van der Waals surface area (Å²) < 4.78 is 69.0. The second-order valence-corrected chi connectivity index (χ2v) is 8.64. The maximum atomic E-state index is 10.6. The Hall–Kier alpha value is -3.46. The normalized spacial score (nSPS) is 16.5. The summed E-state index contributed by atoms with van der Waals surface area (Å²) in [6.45, 7) is 7.76. The molecule has 0 aliphatic carbocycles. The molecule has 216 valence electrons. The second-order valence-electron chi connectivity index (χ2n) is 8.64. The molecule has 2 aromatic heterocycles. The predicted octanol–water partition coefficient (Wildman–Crippen LogP) is 4.05. The highest BCUT2D eigenvalue weighted by Gasteiger charge is 2.39. The van der Waals surface area contributed by atoms with Gasteiger partial charge in [-0.1, -0.05) is 12.1 Å². The number of anilines is 1. The number of rotatable bonds is 3. The van der Waals surface area contributed by atoms with Crippen LogP contribution in [0, 0.1) is 6.92 Å². The van der Waals surface area contributed by atoms with E-state index < -0.39 is 24.3 Å². The molecule has 0 bridgehead atoms. The van der Waals surface area contributed by atoms with Crippen LogP contribution in [-0.2, 0) is 27.4 Å². The number of carboxylic acid groups (broad SMARTS) is 2. The van der Waals surface area contributed by atoms with Crippen molar-refractivity contribution in [1.29, 1.82) is 0 Å². The summed E-state index contributed by atoms with van der Waals surface area (Å²) in [5, 5.41) is 14.2. The van der Waals surface area contributed by atoms with E-state index in [1.807, 2.05) is 18.5 Å². The first-order valence-corrected chi connectivity index (χ1v) is 11.7. The van der Waals surface area contributed by atoms with Gasteiger partial charge in [-0.3, -0.25) is 9.88 Å². The highest BCUT2D eigenvalue weighted by molar-refractivity contribution is 5.73. The summed E-state index contributed by atoms with van der Waals surface area (Å²) >= 11 is 0. The van der Waals surface area contributed by atoms with Crippen molar-refractivity contribution in [2.75, 3.05) is 31.2 Å². The van der Waals surface area contributed by atoms with E-state index in [-0.39, 0.29) is 0 Å². The van der Waals surface area contributed by atoms with Crippen LogP contribution in [-0.4, -0.2) is 81.7 Å². The average molecular weight is 566 g/mol. The number of aromatic nitrogens is 2. The third kappa shape index (κ3) is 10.7. The molecule has 15 heteroatoms. The third-order valence-corrected chi connectivity index (χ3v) is 5.71. The van der Waals surface area contributed by atoms with Gasteiger partial charge in [0.15, 0.2) is 0 Å². The van der Waals surface area contributed by atoms with Gasteiger partial charge in [-0.15, -0.1) is 0 Å². The Morgan fingerprint density at radius 2 is 1.59 bits per heavy atom. The Balaban J connectivity index is 0.000000317. The van der Waals surface area contributed by atoms with Crippen molar-refractivity contribution in [3.8, 4) is 0 Å². The van der Waals surface area contributed by atoms with Gasteiger partial charge in [0.25, 0.3) is 0 Å². The molecule has 1 saturated heterocycles. The Labute approximate surface area is 220 Å². The summed E-state index contributed by atoms with van der Waals surface area (Å²) in [6, 6.07) is 9.16. The standard InChI is InChI=1S/C20H26N4O.2C2HF3O2/c1-16-4-5-18-15-23(19-6-11-25-12-7-19)9-10-24(20(18)22-16)14-17-3-2-8-21-13-17;2*3-2(4,5)1(6)7/h2-5,8,13,19H,6-7,9-12,14-15H2,1H3;2*(H,6,7). The largest absolute Gasteiger partial charge is 0.490 e. The minimum absolute atomic E-state index is 0.626. The number of hydrogen-bond acceptors (Lipinski definition) is 7. The highest BCUT2D eigenvalue weighted by Crippen LogP contribution is 2.28. The van der Waals surface area contributed by atoms with E-state index in [0.717, 1.165) is 63.7 Å². The van der Waals surface area contributed by atoms with Crippen molar-refractivity contribution in [3.63, 3.8) is 0 Å². The van der Waals surface area contributed by atoms with E-state index >= 15 is 0 Å². The molecule has 4 heterocycles. The molecule has 0 amide bonds. The number of pyridine rings is 2. The molecular formula is C24H28F6N4O5. The molecule has 9 nitrogen and oxygen atoms in total. The van der Waals surface area contributed by atoms with E-state index in [9.17, 15) is 26.3 Å². The van der Waals surface area contributed by atoms with Crippen molar-refractivity contribution >= 4 is 17.8 Å². The lowest BCUT2D eigenvalue weighted by atomic mass is 10.1. The van der Waals surface area contributed by atoms with Crippen LogP contribution in [0.3, 0.4) is 0 Å². The minimum atomic E-state index is -5.08. The number of ether oxygens (including phenoxy) is 1. The molecule has 2 aromatic rings. The SMILES string of the molecule is Cc1ccc2c(n1)N(Cc1cccnc1)CCN(C1CCOCC1)C2.O=C(O)C(F)(F)F.O=C(O)C(F)(F)F. The topological polar surface area (TPSA) is 116 Å². The molecule has 0 saturated carbocycles. The van der Waals surface area contributed by atoms with Gasteiger partial charge in [-0.25, -0.2) is 14.6 Å². The number of hydrogen-bond donors (Lipinski definition) is 2. The predicted molar refractivity (Wildman–Crippen MR) is 126 cm³/mol. The van der Waals surface area contributed by atoms with Crippen molar-refractivity contribution in [2.45, 2.75) is 51.2 Å². The van der Waals surface area contributed by atoms with Gasteiger partial charge < -0.3 is 19.8 Å². The number of halogens is 6. The Morgan fingerprint density at radius 3 is 2.10 bits per heavy atom. The third-order valence-electron chi connectivity index (χ3n) is 5.71. The molecule has 0 aromatic carbocycles. The molecule has 2 aliphatic heterocycles. The molecule has 0 atom stereocenters. The van der Waals surface area contributed by atoms with E-state index in [1.165, 1.54) is 11.1 Å². The number of alkyl halides is 6. The van der Waals surface area contributed by atoms with Crippen LogP contribution in [0.4, 0.5) is 32.2 Å². The zero-order valence-electron chi connectivity index (χ0n) is 20.9. The van der Waals surface area contributed by atoms with E-state index in [1.54, 1.807) is 0 Å². The Kier molecular flexibility index (Phi) is 11.5. The minimum Gasteiger partial charge on any atom is -0.475 e. The van der Waals surface area contributed by atoms with Gasteiger partial charge in [0.1, 0.15) is 5.82 Å². The number of carbonyl (C=O) groups is 2. The molecule has 2 aliphatic rings. The molecule has 0 radical (unpaired) electrons. The smallest absolute Gasteiger partial charge is 0.475 e. The first-order valence-electron chi connectivity index (χ1n) is 11.7. The molecule has 4 rings (SSSR count). The summed E-state index contributed by atoms with van der Waals surface area (Å²) in [4.78, 5) is 32.0. The Bertz CT molecular complexity index is 1050. The highest BCUT2D eigenvalue weighted by atomic mass is 19.4. The lowest BCUT2D eigenvalue weighted by molar-refractivity contribution is -0.193. The van der Waals surface area contributed by atoms with Crippen LogP contribution in [0.2, 0.25) is 0 Å². The van der Waals surface area contributed by atoms with Crippen molar-refractivity contribution in [3.05, 3.63) is 53.5 Å². The molecule has 39 heavy (non-hydrogen) atoms. The van der Waals surface area contributed by atoms with Gasteiger partial charge in [-0.2, -0.15) is 26.3 Å². The maximum absolute atomic E-state index is 10.6. The van der Waals surface area contributed by atoms with E-state index in [0.29, 0.717) is 6.04 Å². The molecule has 2 N–H and O–H groups in total. The fourth-order valence-corrected chi connectivity index (χ4v) is 3.85. The number of aryl methyl sites for hydroxylation is 1. The van der Waals surface area contributed by atoms with Crippen LogP contribution in [0.25, 0.3) is 0 Å². The molecule has 1 fully saturated rings. The quantitative estimate of drug-likeness (QED) is 0.531. The number of nitrogens with zero attached hydrogens (tertiary/aromatic N) is 4. The van der Waals surface area contributed by atoms with Crippen molar-refractivity contribution in [1.82, 2.24) is 14.9 Å². The van der Waals surface area contributed by atoms with E-state index in [2.05, 4.69) is 39.9 Å². The van der Waals surface area contributed by atoms with Crippen LogP contribution in [0.5, 0.6) is 0 Å². The molecule has 0 unspecified atom stereocenters. The zero-order valence-corrected chi connectivity index (χ0v) is 20.9. The first kappa shape index (κ1) is 31.8. The Morgan fingerprint density at radius 1 is 1.00 bits per heavy atom. The lowest BCUT2D eigenvalue weighted by Gasteiger charge is -2.33. The number of aliphatic carboxylic acids is 2. The molecular weight excluding hydrogens is 538 g/mol. The van der Waals surface area contributed by atoms with Gasteiger partial charge in [0.2, 0.25) is 0 Å². The summed E-state index contributed by atoms with van der Waals surface area (Å²) in [6.07, 6.45) is -4.11. The van der Waals surface area contributed by atoms with Crippen LogP contribution >= 0.6 is 0 Å². The summed E-state index contributed by atoms with van der Waals surface area (Å²) in [5.74, 6) is -4.38. The van der Waals surface area contributed by atoms with Crippen LogP contribution in [0.1, 0.15) is 29.7 Å². The summed E-state index contributed by atoms with van der Waals surface area (Å²) in [7, 11) is 0. The fourth-order valence-electron chi connectivity index (χ4n) is 3.85. The second kappa shape index (κ2) is 14.1. The fraction of sp³-hybridized carbons (Fsp3) is 0.500. The maximum Gasteiger partial charge on any atom is 0.490 e. The van der Waals surface area contributed by atoms with Crippen LogP contribution in [0.15, 0.2) is 36.7 Å². The van der Waals surface area contributed by atoms with Crippen LogP contribution < -0.4 is 4.90 Å². The zero-order chi connectivity index (χ0) is 29.2. The van der Waals surface area contributed by atoms with Gasteiger partial charge in [0, 0.05) is 69.1 Å². The van der Waals surface area contributed by atoms with Crippen molar-refractivity contribution < 1.29 is 50.9 Å². The number of fused-ring (bicyclic) bond motifs is 1. The monoisotopic (exact) mass is 566 g/mol. The average Bonchev–Trinajstić information content (AvgIpc) is 3.04. The van der Waals surface area contributed by atoms with Gasteiger partial charge in [-0.05, 0) is 37.5 Å². The van der Waals surface area contributed by atoms with Gasteiger partial charge >= 0.3 is 24.3 Å². The lowest BCUT2D eigenvalue weighted by Crippen LogP contribution is -2.41. The molecule has 0 spiro atoms. The number of carboxylic acids is 2. The summed E-state index contributed by atoms with van der Waals surface area (Å²) in [5.41, 5.74) is 3.64. The van der Waals surface area contributed by atoms with Gasteiger partial charge in [0.05, 0.1) is 0 Å². The van der Waals surface area contributed by atoms with Crippen molar-refractivity contribution in [2.24, 2.45) is 0 Å².